The minimum absolute atomic E-state index is 0.124. The van der Waals surface area contributed by atoms with Crippen LogP contribution in [0.1, 0.15) is 43.7 Å². The molecule has 1 aromatic heterocycles. The van der Waals surface area contributed by atoms with Crippen molar-refractivity contribution in [3.63, 3.8) is 0 Å². The normalized spacial score (nSPS) is 17.4. The number of amides is 1. The zero-order valence-electron chi connectivity index (χ0n) is 15.6. The van der Waals surface area contributed by atoms with Crippen LogP contribution in [0.3, 0.4) is 0 Å². The molecule has 2 heterocycles. The standard InChI is InChI=1S/C18H20F3N5O2S/c19-18(20,21)28-14-7-8-15-12(10-14)4-3-9-25(15)16(27)11-29-17-22-23-24-26(17)13-5-1-2-6-13/h7-8,10,13H,1-6,9,11H2. The van der Waals surface area contributed by atoms with Crippen LogP contribution in [0.25, 0.3) is 0 Å². The van der Waals surface area contributed by atoms with Crippen molar-refractivity contribution in [1.82, 2.24) is 20.2 Å². The first-order chi connectivity index (χ1) is 13.9. The Morgan fingerprint density at radius 1 is 1.24 bits per heavy atom. The Kier molecular flexibility index (Phi) is 5.66. The van der Waals surface area contributed by atoms with Gasteiger partial charge < -0.3 is 9.64 Å². The highest BCUT2D eigenvalue weighted by Gasteiger charge is 2.32. The van der Waals surface area contributed by atoms with Crippen molar-refractivity contribution < 1.29 is 22.7 Å². The Morgan fingerprint density at radius 2 is 2.03 bits per heavy atom. The fourth-order valence-electron chi connectivity index (χ4n) is 3.89. The molecule has 1 aromatic carbocycles. The van der Waals surface area contributed by atoms with Gasteiger partial charge in [0.25, 0.3) is 0 Å². The van der Waals surface area contributed by atoms with E-state index in [1.165, 1.54) is 30.0 Å². The number of hydrogen-bond acceptors (Lipinski definition) is 6. The van der Waals surface area contributed by atoms with Gasteiger partial charge in [0.2, 0.25) is 11.1 Å². The van der Waals surface area contributed by atoms with E-state index in [4.69, 9.17) is 0 Å². The van der Waals surface area contributed by atoms with Gasteiger partial charge in [-0.1, -0.05) is 24.6 Å². The largest absolute Gasteiger partial charge is 0.573 e. The summed E-state index contributed by atoms with van der Waals surface area (Å²) in [7, 11) is 0. The van der Waals surface area contributed by atoms with Gasteiger partial charge >= 0.3 is 6.36 Å². The molecule has 2 aromatic rings. The first-order valence-electron chi connectivity index (χ1n) is 9.50. The van der Waals surface area contributed by atoms with E-state index in [9.17, 15) is 18.0 Å². The van der Waals surface area contributed by atoms with E-state index >= 15 is 0 Å². The molecular formula is C18H20F3N5O2S. The second-order valence-electron chi connectivity index (χ2n) is 7.12. The fraction of sp³-hybridized carbons (Fsp3) is 0.556. The molecule has 29 heavy (non-hydrogen) atoms. The summed E-state index contributed by atoms with van der Waals surface area (Å²) in [6.07, 6.45) is 0.914. The van der Waals surface area contributed by atoms with Gasteiger partial charge in [0, 0.05) is 12.2 Å². The third-order valence-electron chi connectivity index (χ3n) is 5.16. The molecule has 11 heteroatoms. The summed E-state index contributed by atoms with van der Waals surface area (Å²) in [4.78, 5) is 14.4. The van der Waals surface area contributed by atoms with E-state index in [1.54, 1.807) is 9.58 Å². The molecule has 7 nitrogen and oxygen atoms in total. The predicted molar refractivity (Wildman–Crippen MR) is 99.8 cm³/mol. The minimum atomic E-state index is -4.74. The fourth-order valence-corrected chi connectivity index (χ4v) is 4.71. The topological polar surface area (TPSA) is 73.1 Å². The van der Waals surface area contributed by atoms with Crippen molar-refractivity contribution in [1.29, 1.82) is 0 Å². The van der Waals surface area contributed by atoms with E-state index < -0.39 is 6.36 Å². The molecule has 2 aliphatic rings. The summed E-state index contributed by atoms with van der Waals surface area (Å²) in [5.41, 5.74) is 1.30. The van der Waals surface area contributed by atoms with E-state index in [1.807, 2.05) is 0 Å². The summed E-state index contributed by atoms with van der Waals surface area (Å²) >= 11 is 1.29. The van der Waals surface area contributed by atoms with Gasteiger partial charge in [-0.15, -0.1) is 18.3 Å². The molecule has 156 valence electrons. The molecule has 1 aliphatic heterocycles. The number of rotatable bonds is 5. The number of aromatic nitrogens is 4. The number of carbonyl (C=O) groups excluding carboxylic acids is 1. The Hall–Kier alpha value is -2.30. The third kappa shape index (κ3) is 4.65. The van der Waals surface area contributed by atoms with E-state index in [-0.39, 0.29) is 23.5 Å². The number of benzene rings is 1. The number of aryl methyl sites for hydroxylation is 1. The predicted octanol–water partition coefficient (Wildman–Crippen LogP) is 3.76. The Labute approximate surface area is 169 Å². The van der Waals surface area contributed by atoms with Crippen LogP contribution in [0.5, 0.6) is 5.75 Å². The Morgan fingerprint density at radius 3 is 2.79 bits per heavy atom. The monoisotopic (exact) mass is 427 g/mol. The van der Waals surface area contributed by atoms with Gasteiger partial charge in [0.15, 0.2) is 0 Å². The van der Waals surface area contributed by atoms with Crippen molar-refractivity contribution in [2.75, 3.05) is 17.2 Å². The maximum Gasteiger partial charge on any atom is 0.573 e. The lowest BCUT2D eigenvalue weighted by Gasteiger charge is -2.29. The van der Waals surface area contributed by atoms with E-state index in [0.717, 1.165) is 25.7 Å². The van der Waals surface area contributed by atoms with E-state index in [0.29, 0.717) is 35.8 Å². The molecule has 4 rings (SSSR count). The SMILES string of the molecule is O=C(CSc1nnnn1C1CCCC1)N1CCCc2cc(OC(F)(F)F)ccc21. The maximum absolute atomic E-state index is 12.8. The number of nitrogens with zero attached hydrogens (tertiary/aromatic N) is 5. The molecule has 0 unspecified atom stereocenters. The summed E-state index contributed by atoms with van der Waals surface area (Å²) in [6.45, 7) is 0.527. The number of alkyl halides is 3. The number of tetrazole rings is 1. The maximum atomic E-state index is 12.8. The number of fused-ring (bicyclic) bond motifs is 1. The first kappa shape index (κ1) is 20.0. The van der Waals surface area contributed by atoms with Crippen LogP contribution >= 0.6 is 11.8 Å². The second kappa shape index (κ2) is 8.21. The molecule has 0 saturated heterocycles. The number of halogens is 3. The lowest BCUT2D eigenvalue weighted by molar-refractivity contribution is -0.274. The van der Waals surface area contributed by atoms with Gasteiger partial charge in [0.1, 0.15) is 5.75 Å². The van der Waals surface area contributed by atoms with Crippen LogP contribution in [0.15, 0.2) is 23.4 Å². The number of hydrogen-bond donors (Lipinski definition) is 0. The lowest BCUT2D eigenvalue weighted by atomic mass is 10.0. The third-order valence-corrected chi connectivity index (χ3v) is 6.08. The van der Waals surface area contributed by atoms with Crippen LogP contribution in [0.2, 0.25) is 0 Å². The number of carbonyl (C=O) groups is 1. The van der Waals surface area contributed by atoms with Crippen molar-refractivity contribution in [3.8, 4) is 5.75 Å². The Bertz CT molecular complexity index is 883. The second-order valence-corrected chi connectivity index (χ2v) is 8.06. The van der Waals surface area contributed by atoms with Gasteiger partial charge in [-0.25, -0.2) is 4.68 Å². The summed E-state index contributed by atoms with van der Waals surface area (Å²) in [6, 6.07) is 4.40. The van der Waals surface area contributed by atoms with Crippen molar-refractivity contribution in [2.45, 2.75) is 56.1 Å². The molecule has 1 aliphatic carbocycles. The average molecular weight is 427 g/mol. The van der Waals surface area contributed by atoms with Crippen LogP contribution < -0.4 is 9.64 Å². The molecule has 1 amide bonds. The van der Waals surface area contributed by atoms with Crippen LogP contribution in [0.4, 0.5) is 18.9 Å². The lowest BCUT2D eigenvalue weighted by Crippen LogP contribution is -2.36. The highest BCUT2D eigenvalue weighted by molar-refractivity contribution is 7.99. The van der Waals surface area contributed by atoms with Gasteiger partial charge in [-0.3, -0.25) is 4.79 Å². The zero-order chi connectivity index (χ0) is 20.4. The minimum Gasteiger partial charge on any atom is -0.406 e. The highest BCUT2D eigenvalue weighted by Crippen LogP contribution is 2.34. The van der Waals surface area contributed by atoms with Crippen LogP contribution in [-0.2, 0) is 11.2 Å². The molecule has 1 fully saturated rings. The van der Waals surface area contributed by atoms with Gasteiger partial charge in [-0.2, -0.15) is 0 Å². The molecule has 1 saturated carbocycles. The molecule has 0 N–H and O–H groups in total. The Balaban J connectivity index is 1.43. The molecule has 0 bridgehead atoms. The van der Waals surface area contributed by atoms with E-state index in [2.05, 4.69) is 20.3 Å². The molecule has 0 atom stereocenters. The zero-order valence-corrected chi connectivity index (χ0v) is 16.4. The van der Waals surface area contributed by atoms with Crippen molar-refractivity contribution >= 4 is 23.4 Å². The van der Waals surface area contributed by atoms with Crippen molar-refractivity contribution in [3.05, 3.63) is 23.8 Å². The summed E-state index contributed by atoms with van der Waals surface area (Å²) in [5, 5.41) is 12.5. The number of ether oxygens (including phenoxy) is 1. The molecule has 0 radical (unpaired) electrons. The quantitative estimate of drug-likeness (QED) is 0.677. The average Bonchev–Trinajstić information content (AvgIpc) is 3.35. The van der Waals surface area contributed by atoms with Crippen molar-refractivity contribution in [2.24, 2.45) is 0 Å². The summed E-state index contributed by atoms with van der Waals surface area (Å²) < 4.78 is 43.1. The highest BCUT2D eigenvalue weighted by atomic mass is 32.2. The summed E-state index contributed by atoms with van der Waals surface area (Å²) in [5.74, 6) is -0.232. The number of anilines is 1. The number of thioether (sulfide) groups is 1. The smallest absolute Gasteiger partial charge is 0.406 e. The van der Waals surface area contributed by atoms with Gasteiger partial charge in [0.05, 0.1) is 11.8 Å². The van der Waals surface area contributed by atoms with Crippen LogP contribution in [0, 0.1) is 0 Å². The first-order valence-corrected chi connectivity index (χ1v) is 10.5. The molecular weight excluding hydrogens is 407 g/mol. The van der Waals surface area contributed by atoms with Gasteiger partial charge in [-0.05, 0) is 59.9 Å². The van der Waals surface area contributed by atoms with Crippen LogP contribution in [-0.4, -0.2) is 44.8 Å². The molecule has 0 spiro atoms.